The maximum Gasteiger partial charge on any atom is 0.245 e. The molecule has 4 nitrogen and oxygen atoms in total. The predicted octanol–water partition coefficient (Wildman–Crippen LogP) is 2.33. The number of sulfonamides is 1. The van der Waals surface area contributed by atoms with Crippen molar-refractivity contribution >= 4 is 10.0 Å². The molecule has 0 saturated carbocycles. The van der Waals surface area contributed by atoms with Crippen LogP contribution in [0.3, 0.4) is 0 Å². The number of aryl methyl sites for hydroxylation is 1. The van der Waals surface area contributed by atoms with Crippen LogP contribution in [0.2, 0.25) is 0 Å². The lowest BCUT2D eigenvalue weighted by Gasteiger charge is -2.26. The number of ether oxygens (including phenoxy) is 1. The number of rotatable bonds is 7. The Bertz CT molecular complexity index is 534. The Morgan fingerprint density at radius 3 is 2.32 bits per heavy atom. The highest BCUT2D eigenvalue weighted by atomic mass is 32.2. The predicted molar refractivity (Wildman–Crippen MR) is 76.3 cm³/mol. The van der Waals surface area contributed by atoms with E-state index in [1.807, 2.05) is 6.92 Å². The zero-order chi connectivity index (χ0) is 14.5. The molecule has 1 aromatic carbocycles. The molecule has 1 rings (SSSR count). The van der Waals surface area contributed by atoms with Gasteiger partial charge in [0.05, 0.1) is 4.90 Å². The van der Waals surface area contributed by atoms with Crippen LogP contribution in [0.15, 0.2) is 54.5 Å². The highest BCUT2D eigenvalue weighted by molar-refractivity contribution is 7.89. The van der Waals surface area contributed by atoms with Gasteiger partial charge in [0.25, 0.3) is 0 Å². The van der Waals surface area contributed by atoms with Gasteiger partial charge in [-0.25, -0.2) is 8.42 Å². The van der Waals surface area contributed by atoms with Gasteiger partial charge < -0.3 is 4.74 Å². The first-order valence-corrected chi connectivity index (χ1v) is 7.26. The summed E-state index contributed by atoms with van der Waals surface area (Å²) in [4.78, 5) is 0.226. The molecule has 104 valence electrons. The van der Waals surface area contributed by atoms with Gasteiger partial charge in [0.2, 0.25) is 10.0 Å². The Morgan fingerprint density at radius 1 is 1.32 bits per heavy atom. The third-order valence-corrected chi connectivity index (χ3v) is 4.51. The molecule has 0 N–H and O–H groups in total. The van der Waals surface area contributed by atoms with Crippen LogP contribution in [0.25, 0.3) is 0 Å². The Morgan fingerprint density at radius 2 is 1.89 bits per heavy atom. The van der Waals surface area contributed by atoms with Crippen molar-refractivity contribution in [3.63, 3.8) is 0 Å². The number of benzene rings is 1. The molecule has 0 spiro atoms. The quantitative estimate of drug-likeness (QED) is 0.569. The SMILES string of the molecule is C=CCN(C(C=C)OC)S(=O)(=O)c1ccc(C)cc1. The molecular weight excluding hydrogens is 262 g/mol. The second-order valence-corrected chi connectivity index (χ2v) is 5.93. The summed E-state index contributed by atoms with van der Waals surface area (Å²) in [5, 5.41) is 0. The normalized spacial score (nSPS) is 13.2. The van der Waals surface area contributed by atoms with E-state index in [9.17, 15) is 8.42 Å². The topological polar surface area (TPSA) is 46.6 Å². The molecule has 0 saturated heterocycles. The lowest BCUT2D eigenvalue weighted by molar-refractivity contribution is 0.0587. The summed E-state index contributed by atoms with van der Waals surface area (Å²) in [6, 6.07) is 6.68. The third-order valence-electron chi connectivity index (χ3n) is 2.66. The van der Waals surface area contributed by atoms with Gasteiger partial charge in [0, 0.05) is 13.7 Å². The molecule has 1 unspecified atom stereocenters. The lowest BCUT2D eigenvalue weighted by atomic mass is 10.2. The highest BCUT2D eigenvalue weighted by Gasteiger charge is 2.28. The first kappa shape index (κ1) is 15.6. The fraction of sp³-hybridized carbons (Fsp3) is 0.286. The van der Waals surface area contributed by atoms with E-state index in [1.165, 1.54) is 23.6 Å². The second-order valence-electron chi connectivity index (χ2n) is 4.04. The molecule has 0 aliphatic heterocycles. The molecule has 0 aromatic heterocycles. The first-order valence-electron chi connectivity index (χ1n) is 5.82. The Balaban J connectivity index is 3.22. The number of hydrogen-bond donors (Lipinski definition) is 0. The van der Waals surface area contributed by atoms with E-state index >= 15 is 0 Å². The minimum atomic E-state index is -3.64. The molecule has 1 atom stereocenters. The van der Waals surface area contributed by atoms with Crippen LogP contribution in [-0.2, 0) is 14.8 Å². The van der Waals surface area contributed by atoms with Gasteiger partial charge in [0.15, 0.2) is 0 Å². The van der Waals surface area contributed by atoms with Gasteiger partial charge in [-0.05, 0) is 25.1 Å². The summed E-state index contributed by atoms with van der Waals surface area (Å²) in [5.41, 5.74) is 1.00. The summed E-state index contributed by atoms with van der Waals surface area (Å²) in [6.07, 6.45) is 2.24. The molecule has 0 radical (unpaired) electrons. The second kappa shape index (κ2) is 6.65. The summed E-state index contributed by atoms with van der Waals surface area (Å²) in [7, 11) is -2.20. The average molecular weight is 281 g/mol. The molecule has 0 fully saturated rings. The van der Waals surface area contributed by atoms with E-state index in [2.05, 4.69) is 13.2 Å². The van der Waals surface area contributed by atoms with Crippen LogP contribution in [0.1, 0.15) is 5.56 Å². The molecular formula is C14H19NO3S. The Hall–Kier alpha value is -1.43. The van der Waals surface area contributed by atoms with Crippen LogP contribution >= 0.6 is 0 Å². The fourth-order valence-electron chi connectivity index (χ4n) is 1.64. The van der Waals surface area contributed by atoms with Gasteiger partial charge in [-0.15, -0.1) is 6.58 Å². The van der Waals surface area contributed by atoms with E-state index in [0.717, 1.165) is 5.56 Å². The molecule has 1 aromatic rings. The minimum absolute atomic E-state index is 0.154. The van der Waals surface area contributed by atoms with Crippen LogP contribution in [-0.4, -0.2) is 32.6 Å². The number of nitrogens with zero attached hydrogens (tertiary/aromatic N) is 1. The van der Waals surface area contributed by atoms with E-state index in [0.29, 0.717) is 0 Å². The summed E-state index contributed by atoms with van der Waals surface area (Å²) < 4.78 is 31.4. The van der Waals surface area contributed by atoms with E-state index in [-0.39, 0.29) is 11.4 Å². The van der Waals surface area contributed by atoms with Crippen molar-refractivity contribution in [2.24, 2.45) is 0 Å². The monoisotopic (exact) mass is 281 g/mol. The Labute approximate surface area is 115 Å². The van der Waals surface area contributed by atoms with Crippen molar-refractivity contribution in [2.75, 3.05) is 13.7 Å². The van der Waals surface area contributed by atoms with E-state index in [4.69, 9.17) is 4.74 Å². The van der Waals surface area contributed by atoms with Crippen LogP contribution in [0.5, 0.6) is 0 Å². The van der Waals surface area contributed by atoms with Crippen molar-refractivity contribution in [1.29, 1.82) is 0 Å². The first-order chi connectivity index (χ1) is 8.97. The van der Waals surface area contributed by atoms with Crippen molar-refractivity contribution in [1.82, 2.24) is 4.31 Å². The third kappa shape index (κ3) is 3.53. The highest BCUT2D eigenvalue weighted by Crippen LogP contribution is 2.19. The van der Waals surface area contributed by atoms with Crippen LogP contribution < -0.4 is 0 Å². The van der Waals surface area contributed by atoms with E-state index < -0.39 is 16.3 Å². The van der Waals surface area contributed by atoms with Gasteiger partial charge in [-0.3, -0.25) is 0 Å². The number of hydrogen-bond acceptors (Lipinski definition) is 3. The zero-order valence-corrected chi connectivity index (χ0v) is 12.1. The largest absolute Gasteiger partial charge is 0.362 e. The van der Waals surface area contributed by atoms with Gasteiger partial charge >= 0.3 is 0 Å². The Kier molecular flexibility index (Phi) is 5.47. The van der Waals surface area contributed by atoms with Crippen molar-refractivity contribution in [3.05, 3.63) is 55.1 Å². The van der Waals surface area contributed by atoms with Gasteiger partial charge in [0.1, 0.15) is 6.23 Å². The average Bonchev–Trinajstić information content (AvgIpc) is 2.39. The molecule has 0 heterocycles. The molecule has 0 aliphatic rings. The van der Waals surface area contributed by atoms with Crippen LogP contribution in [0, 0.1) is 6.92 Å². The van der Waals surface area contributed by atoms with Gasteiger partial charge in [-0.2, -0.15) is 4.31 Å². The molecule has 19 heavy (non-hydrogen) atoms. The molecule has 0 amide bonds. The standard InChI is InChI=1S/C14H19NO3S/c1-5-11-15(14(6-2)18-4)19(16,17)13-9-7-12(3)8-10-13/h5-10,14H,1-2,11H2,3-4H3. The van der Waals surface area contributed by atoms with Crippen LogP contribution in [0.4, 0.5) is 0 Å². The van der Waals surface area contributed by atoms with Gasteiger partial charge in [-0.1, -0.05) is 30.4 Å². The smallest absolute Gasteiger partial charge is 0.245 e. The summed E-state index contributed by atoms with van der Waals surface area (Å²) in [6.45, 7) is 9.22. The van der Waals surface area contributed by atoms with Crippen molar-refractivity contribution in [3.8, 4) is 0 Å². The van der Waals surface area contributed by atoms with Crippen molar-refractivity contribution < 1.29 is 13.2 Å². The zero-order valence-electron chi connectivity index (χ0n) is 11.2. The lowest BCUT2D eigenvalue weighted by Crippen LogP contribution is -2.40. The molecule has 0 bridgehead atoms. The maximum absolute atomic E-state index is 12.5. The van der Waals surface area contributed by atoms with E-state index in [1.54, 1.807) is 24.3 Å². The summed E-state index contributed by atoms with van der Waals surface area (Å²) >= 11 is 0. The minimum Gasteiger partial charge on any atom is -0.362 e. The maximum atomic E-state index is 12.5. The fourth-order valence-corrected chi connectivity index (χ4v) is 3.14. The molecule has 0 aliphatic carbocycles. The number of methoxy groups -OCH3 is 1. The summed E-state index contributed by atoms with van der Waals surface area (Å²) in [5.74, 6) is 0. The van der Waals surface area contributed by atoms with Crippen molar-refractivity contribution in [2.45, 2.75) is 18.0 Å². The molecule has 5 heteroatoms.